The van der Waals surface area contributed by atoms with Crippen molar-refractivity contribution in [1.29, 1.82) is 0 Å². The van der Waals surface area contributed by atoms with Gasteiger partial charge in [-0.05, 0) is 37.5 Å². The molecule has 1 aromatic carbocycles. The van der Waals surface area contributed by atoms with E-state index in [0.717, 1.165) is 18.4 Å². The van der Waals surface area contributed by atoms with Crippen molar-refractivity contribution in [1.82, 2.24) is 5.32 Å². The largest absolute Gasteiger partial charge is 0.490 e. The molecule has 2 N–H and O–H groups in total. The molecule has 0 atom stereocenters. The van der Waals surface area contributed by atoms with Gasteiger partial charge in [0.15, 0.2) is 18.1 Å². The highest BCUT2D eigenvalue weighted by Gasteiger charge is 2.16. The predicted molar refractivity (Wildman–Crippen MR) is 84.0 cm³/mol. The Kier molecular flexibility index (Phi) is 6.52. The maximum atomic E-state index is 12.0. The number of hydrogen-bond donors (Lipinski definition) is 2. The quantitative estimate of drug-likeness (QED) is 0.812. The van der Waals surface area contributed by atoms with Gasteiger partial charge in [0.2, 0.25) is 0 Å². The molecule has 1 amide bonds. The van der Waals surface area contributed by atoms with E-state index < -0.39 is 0 Å². The van der Waals surface area contributed by atoms with Crippen LogP contribution in [0.25, 0.3) is 0 Å². The minimum absolute atomic E-state index is 0.0188. The summed E-state index contributed by atoms with van der Waals surface area (Å²) in [5.74, 6) is 0.984. The van der Waals surface area contributed by atoms with Crippen molar-refractivity contribution in [3.8, 4) is 11.5 Å². The zero-order chi connectivity index (χ0) is 15.8. The second-order valence-electron chi connectivity index (χ2n) is 5.56. The van der Waals surface area contributed by atoms with Gasteiger partial charge in [0.25, 0.3) is 5.91 Å². The molecule has 1 saturated carbocycles. The highest BCUT2D eigenvalue weighted by Crippen LogP contribution is 2.28. The summed E-state index contributed by atoms with van der Waals surface area (Å²) in [6.45, 7) is 2.31. The van der Waals surface area contributed by atoms with Crippen molar-refractivity contribution < 1.29 is 19.4 Å². The Morgan fingerprint density at radius 1 is 1.23 bits per heavy atom. The van der Waals surface area contributed by atoms with Crippen LogP contribution in [-0.2, 0) is 11.4 Å². The third-order valence-corrected chi connectivity index (χ3v) is 3.82. The third kappa shape index (κ3) is 4.91. The SMILES string of the molecule is CCOc1cc(CO)ccc1OCC(=O)NC1CCCCC1. The van der Waals surface area contributed by atoms with Crippen molar-refractivity contribution in [2.24, 2.45) is 0 Å². The Labute approximate surface area is 131 Å². The maximum Gasteiger partial charge on any atom is 0.258 e. The van der Waals surface area contributed by atoms with Crippen LogP contribution in [-0.4, -0.2) is 30.3 Å². The van der Waals surface area contributed by atoms with Crippen LogP contribution >= 0.6 is 0 Å². The Bertz CT molecular complexity index is 484. The molecule has 5 heteroatoms. The van der Waals surface area contributed by atoms with E-state index in [1.807, 2.05) is 6.92 Å². The molecule has 2 rings (SSSR count). The summed E-state index contributed by atoms with van der Waals surface area (Å²) in [7, 11) is 0. The summed E-state index contributed by atoms with van der Waals surface area (Å²) in [6, 6.07) is 5.51. The number of aliphatic hydroxyl groups is 1. The Morgan fingerprint density at radius 2 is 2.00 bits per heavy atom. The molecule has 0 heterocycles. The van der Waals surface area contributed by atoms with E-state index in [2.05, 4.69) is 5.32 Å². The predicted octanol–water partition coefficient (Wildman–Crippen LogP) is 2.41. The summed E-state index contributed by atoms with van der Waals surface area (Å²) in [5, 5.41) is 12.2. The zero-order valence-corrected chi connectivity index (χ0v) is 13.1. The fraction of sp³-hybridized carbons (Fsp3) is 0.588. The summed E-state index contributed by atoms with van der Waals surface area (Å²) in [4.78, 5) is 12.0. The normalized spacial score (nSPS) is 15.4. The van der Waals surface area contributed by atoms with E-state index in [1.54, 1.807) is 18.2 Å². The lowest BCUT2D eigenvalue weighted by molar-refractivity contribution is -0.124. The van der Waals surface area contributed by atoms with Gasteiger partial charge in [0.1, 0.15) is 0 Å². The summed E-state index contributed by atoms with van der Waals surface area (Å²) < 4.78 is 11.1. The lowest BCUT2D eigenvalue weighted by Gasteiger charge is -2.22. The van der Waals surface area contributed by atoms with Crippen LogP contribution < -0.4 is 14.8 Å². The van der Waals surface area contributed by atoms with E-state index >= 15 is 0 Å². The van der Waals surface area contributed by atoms with Gasteiger partial charge >= 0.3 is 0 Å². The Balaban J connectivity index is 1.88. The molecule has 0 radical (unpaired) electrons. The van der Waals surface area contributed by atoms with Crippen molar-refractivity contribution >= 4 is 5.91 Å². The highest BCUT2D eigenvalue weighted by atomic mass is 16.5. The fourth-order valence-electron chi connectivity index (χ4n) is 2.70. The van der Waals surface area contributed by atoms with Crippen molar-refractivity contribution in [2.45, 2.75) is 51.7 Å². The first-order chi connectivity index (χ1) is 10.7. The average Bonchev–Trinajstić information content (AvgIpc) is 2.55. The first-order valence-corrected chi connectivity index (χ1v) is 8.01. The van der Waals surface area contributed by atoms with E-state index in [1.165, 1.54) is 19.3 Å². The van der Waals surface area contributed by atoms with E-state index in [4.69, 9.17) is 14.6 Å². The van der Waals surface area contributed by atoms with E-state index in [-0.39, 0.29) is 25.2 Å². The van der Waals surface area contributed by atoms with Crippen LogP contribution in [0.5, 0.6) is 11.5 Å². The van der Waals surface area contributed by atoms with Crippen molar-refractivity contribution in [2.75, 3.05) is 13.2 Å². The minimum atomic E-state index is -0.0967. The fourth-order valence-corrected chi connectivity index (χ4v) is 2.70. The lowest BCUT2D eigenvalue weighted by atomic mass is 9.95. The van der Waals surface area contributed by atoms with Crippen LogP contribution in [0.2, 0.25) is 0 Å². The molecule has 1 aliphatic rings. The zero-order valence-electron chi connectivity index (χ0n) is 13.1. The van der Waals surface area contributed by atoms with Crippen molar-refractivity contribution in [3.05, 3.63) is 23.8 Å². The number of carbonyl (C=O) groups is 1. The first-order valence-electron chi connectivity index (χ1n) is 8.01. The molecule has 1 fully saturated rings. The first kappa shape index (κ1) is 16.6. The molecule has 1 aromatic rings. The van der Waals surface area contributed by atoms with Gasteiger partial charge in [-0.15, -0.1) is 0 Å². The molecule has 0 aromatic heterocycles. The molecule has 22 heavy (non-hydrogen) atoms. The number of hydrogen-bond acceptors (Lipinski definition) is 4. The van der Waals surface area contributed by atoms with Gasteiger partial charge in [0.05, 0.1) is 13.2 Å². The standard InChI is InChI=1S/C17H25NO4/c1-2-21-16-10-13(11-19)8-9-15(16)22-12-17(20)18-14-6-4-3-5-7-14/h8-10,14,19H,2-7,11-12H2,1H3,(H,18,20). The molecule has 0 saturated heterocycles. The van der Waals surface area contributed by atoms with Gasteiger partial charge in [-0.25, -0.2) is 0 Å². The number of benzene rings is 1. The molecular weight excluding hydrogens is 282 g/mol. The van der Waals surface area contributed by atoms with E-state index in [9.17, 15) is 4.79 Å². The van der Waals surface area contributed by atoms with Crippen LogP contribution in [0, 0.1) is 0 Å². The van der Waals surface area contributed by atoms with Gasteiger partial charge in [-0.3, -0.25) is 4.79 Å². The number of amides is 1. The Hall–Kier alpha value is -1.75. The molecule has 0 bridgehead atoms. The summed E-state index contributed by atoms with van der Waals surface area (Å²) >= 11 is 0. The van der Waals surface area contributed by atoms with E-state index in [0.29, 0.717) is 18.1 Å². The third-order valence-electron chi connectivity index (χ3n) is 3.82. The number of carbonyl (C=O) groups excluding carboxylic acids is 1. The molecule has 1 aliphatic carbocycles. The van der Waals surface area contributed by atoms with Crippen LogP contribution in [0.3, 0.4) is 0 Å². The summed E-state index contributed by atoms with van der Waals surface area (Å²) in [6.07, 6.45) is 5.74. The lowest BCUT2D eigenvalue weighted by Crippen LogP contribution is -2.39. The molecule has 0 unspecified atom stereocenters. The van der Waals surface area contributed by atoms with Crippen LogP contribution in [0.15, 0.2) is 18.2 Å². The topological polar surface area (TPSA) is 67.8 Å². The molecule has 122 valence electrons. The number of ether oxygens (including phenoxy) is 2. The maximum absolute atomic E-state index is 12.0. The smallest absolute Gasteiger partial charge is 0.258 e. The Morgan fingerprint density at radius 3 is 2.68 bits per heavy atom. The minimum Gasteiger partial charge on any atom is -0.490 e. The van der Waals surface area contributed by atoms with Gasteiger partial charge in [-0.2, -0.15) is 0 Å². The second-order valence-corrected chi connectivity index (χ2v) is 5.56. The second kappa shape index (κ2) is 8.63. The van der Waals surface area contributed by atoms with Crippen LogP contribution in [0.1, 0.15) is 44.6 Å². The van der Waals surface area contributed by atoms with Gasteiger partial charge in [0, 0.05) is 6.04 Å². The molecule has 0 aliphatic heterocycles. The van der Waals surface area contributed by atoms with Crippen molar-refractivity contribution in [3.63, 3.8) is 0 Å². The van der Waals surface area contributed by atoms with Gasteiger partial charge < -0.3 is 19.9 Å². The average molecular weight is 307 g/mol. The van der Waals surface area contributed by atoms with Crippen LogP contribution in [0.4, 0.5) is 0 Å². The molecule has 5 nitrogen and oxygen atoms in total. The molecular formula is C17H25NO4. The monoisotopic (exact) mass is 307 g/mol. The number of aliphatic hydroxyl groups excluding tert-OH is 1. The molecule has 0 spiro atoms. The summed E-state index contributed by atoms with van der Waals surface area (Å²) in [5.41, 5.74) is 0.752. The number of rotatable bonds is 7. The highest BCUT2D eigenvalue weighted by molar-refractivity contribution is 5.78. The number of nitrogens with one attached hydrogen (secondary N) is 1. The van der Waals surface area contributed by atoms with Gasteiger partial charge in [-0.1, -0.05) is 25.3 Å².